The van der Waals surface area contributed by atoms with E-state index in [9.17, 15) is 5.11 Å². The van der Waals surface area contributed by atoms with Gasteiger partial charge in [-0.2, -0.15) is 0 Å². The molecule has 1 aliphatic rings. The summed E-state index contributed by atoms with van der Waals surface area (Å²) >= 11 is 0. The highest BCUT2D eigenvalue weighted by Gasteiger charge is 2.35. The van der Waals surface area contributed by atoms with E-state index < -0.39 is 5.60 Å². The van der Waals surface area contributed by atoms with Gasteiger partial charge in [-0.05, 0) is 57.8 Å². The Morgan fingerprint density at radius 3 is 2.61 bits per heavy atom. The molecule has 0 aliphatic heterocycles. The first-order valence-corrected chi connectivity index (χ1v) is 7.54. The van der Waals surface area contributed by atoms with Crippen LogP contribution in [-0.4, -0.2) is 23.4 Å². The molecule has 0 saturated heterocycles. The van der Waals surface area contributed by atoms with E-state index in [4.69, 9.17) is 4.74 Å². The van der Waals surface area contributed by atoms with Crippen molar-refractivity contribution < 1.29 is 9.84 Å². The summed E-state index contributed by atoms with van der Waals surface area (Å²) in [5.74, 6) is 1.46. The molecule has 2 atom stereocenters. The number of methoxy groups -OCH3 is 1. The molecule has 1 fully saturated rings. The van der Waals surface area contributed by atoms with Gasteiger partial charge in [0.05, 0.1) is 11.2 Å². The lowest BCUT2D eigenvalue weighted by atomic mass is 9.72. The van der Waals surface area contributed by atoms with Gasteiger partial charge in [0.25, 0.3) is 0 Å². The number of hydrogen-bond acceptors (Lipinski definition) is 2. The molecule has 0 aromatic carbocycles. The Bertz CT molecular complexity index is 247. The second kappa shape index (κ2) is 6.38. The molecule has 0 heterocycles. The summed E-state index contributed by atoms with van der Waals surface area (Å²) in [4.78, 5) is 0. The van der Waals surface area contributed by atoms with E-state index in [1.807, 2.05) is 0 Å². The molecule has 1 saturated carbocycles. The molecule has 0 amide bonds. The summed E-state index contributed by atoms with van der Waals surface area (Å²) in [5, 5.41) is 10.8. The Morgan fingerprint density at radius 1 is 1.39 bits per heavy atom. The number of hydrogen-bond donors (Lipinski definition) is 1. The fourth-order valence-corrected chi connectivity index (χ4v) is 3.19. The van der Waals surface area contributed by atoms with Gasteiger partial charge in [0, 0.05) is 7.11 Å². The maximum Gasteiger partial charge on any atom is 0.0651 e. The summed E-state index contributed by atoms with van der Waals surface area (Å²) in [7, 11) is 1.76. The highest BCUT2D eigenvalue weighted by molar-refractivity contribution is 4.88. The quantitative estimate of drug-likeness (QED) is 0.773. The molecule has 18 heavy (non-hydrogen) atoms. The van der Waals surface area contributed by atoms with Crippen LogP contribution in [0.15, 0.2) is 0 Å². The number of aliphatic hydroxyl groups is 1. The van der Waals surface area contributed by atoms with Crippen molar-refractivity contribution in [2.75, 3.05) is 7.11 Å². The molecule has 0 aromatic rings. The van der Waals surface area contributed by atoms with Gasteiger partial charge in [-0.15, -0.1) is 0 Å². The van der Waals surface area contributed by atoms with Gasteiger partial charge in [0.2, 0.25) is 0 Å². The van der Waals surface area contributed by atoms with Crippen molar-refractivity contribution in [3.05, 3.63) is 0 Å². The molecule has 2 nitrogen and oxygen atoms in total. The summed E-state index contributed by atoms with van der Waals surface area (Å²) < 4.78 is 5.45. The van der Waals surface area contributed by atoms with Crippen LogP contribution in [-0.2, 0) is 4.74 Å². The molecule has 1 aliphatic carbocycles. The normalized spacial score (nSPS) is 29.8. The summed E-state index contributed by atoms with van der Waals surface area (Å²) in [6.45, 7) is 8.76. The second-order valence-electron chi connectivity index (χ2n) is 7.28. The van der Waals surface area contributed by atoms with E-state index in [0.29, 0.717) is 0 Å². The molecular weight excluding hydrogens is 224 g/mol. The third-order valence-electron chi connectivity index (χ3n) is 4.47. The van der Waals surface area contributed by atoms with Gasteiger partial charge >= 0.3 is 0 Å². The summed E-state index contributed by atoms with van der Waals surface area (Å²) in [6.07, 6.45) is 7.52. The molecule has 1 N–H and O–H groups in total. The Hall–Kier alpha value is -0.0800. The highest BCUT2D eigenvalue weighted by Crippen LogP contribution is 2.39. The van der Waals surface area contributed by atoms with Gasteiger partial charge in [0.15, 0.2) is 0 Å². The maximum atomic E-state index is 10.8. The van der Waals surface area contributed by atoms with Crippen molar-refractivity contribution in [3.63, 3.8) is 0 Å². The average Bonchev–Trinajstić information content (AvgIpc) is 2.26. The Labute approximate surface area is 113 Å². The van der Waals surface area contributed by atoms with Crippen molar-refractivity contribution in [1.29, 1.82) is 0 Å². The number of ether oxygens (including phenoxy) is 1. The zero-order chi connectivity index (χ0) is 13.8. The van der Waals surface area contributed by atoms with Gasteiger partial charge in [-0.1, -0.05) is 26.7 Å². The van der Waals surface area contributed by atoms with Crippen molar-refractivity contribution in [2.24, 2.45) is 11.8 Å². The largest absolute Gasteiger partial charge is 0.390 e. The maximum absolute atomic E-state index is 10.8. The fraction of sp³-hybridized carbons (Fsp3) is 1.00. The second-order valence-corrected chi connectivity index (χ2v) is 7.28. The molecule has 0 radical (unpaired) electrons. The van der Waals surface area contributed by atoms with Gasteiger partial charge in [0.1, 0.15) is 0 Å². The van der Waals surface area contributed by atoms with Crippen LogP contribution in [0.2, 0.25) is 0 Å². The molecule has 0 bridgehead atoms. The predicted octanol–water partition coefficient (Wildman–Crippen LogP) is 4.16. The van der Waals surface area contributed by atoms with Crippen LogP contribution in [0.1, 0.15) is 72.6 Å². The zero-order valence-electron chi connectivity index (χ0n) is 13.0. The van der Waals surface area contributed by atoms with E-state index in [1.54, 1.807) is 7.11 Å². The minimum Gasteiger partial charge on any atom is -0.390 e. The molecule has 2 heteroatoms. The number of rotatable bonds is 6. The van der Waals surface area contributed by atoms with Gasteiger partial charge < -0.3 is 9.84 Å². The Balaban J connectivity index is 2.47. The van der Waals surface area contributed by atoms with E-state index in [0.717, 1.165) is 37.5 Å². The van der Waals surface area contributed by atoms with Crippen molar-refractivity contribution in [2.45, 2.75) is 83.8 Å². The van der Waals surface area contributed by atoms with Gasteiger partial charge in [-0.3, -0.25) is 0 Å². The third kappa shape index (κ3) is 5.27. The van der Waals surface area contributed by atoms with Crippen molar-refractivity contribution in [3.8, 4) is 0 Å². The van der Waals surface area contributed by atoms with Crippen molar-refractivity contribution >= 4 is 0 Å². The lowest BCUT2D eigenvalue weighted by Crippen LogP contribution is -2.38. The van der Waals surface area contributed by atoms with Crippen LogP contribution in [0.5, 0.6) is 0 Å². The van der Waals surface area contributed by atoms with Crippen LogP contribution < -0.4 is 0 Å². The average molecular weight is 256 g/mol. The third-order valence-corrected chi connectivity index (χ3v) is 4.47. The Kier molecular flexibility index (Phi) is 5.67. The summed E-state index contributed by atoms with van der Waals surface area (Å²) in [6, 6.07) is 0. The van der Waals surface area contributed by atoms with E-state index >= 15 is 0 Å². The molecule has 2 unspecified atom stereocenters. The molecule has 0 spiro atoms. The molecule has 0 aromatic heterocycles. The topological polar surface area (TPSA) is 29.5 Å². The van der Waals surface area contributed by atoms with E-state index in [1.165, 1.54) is 19.3 Å². The first-order valence-electron chi connectivity index (χ1n) is 7.54. The van der Waals surface area contributed by atoms with Crippen LogP contribution in [0.4, 0.5) is 0 Å². The van der Waals surface area contributed by atoms with Crippen LogP contribution in [0, 0.1) is 11.8 Å². The molecule has 1 rings (SSSR count). The SMILES string of the molecule is COC(C)(C)CCC1(O)CCCC(CC(C)C)C1. The first kappa shape index (κ1) is 16.0. The molecule has 108 valence electrons. The standard InChI is InChI=1S/C16H32O2/c1-13(2)11-14-7-6-8-16(17,12-14)10-9-15(3,4)18-5/h13-14,17H,6-12H2,1-5H3. The molecular formula is C16H32O2. The minimum atomic E-state index is -0.437. The van der Waals surface area contributed by atoms with Crippen LogP contribution in [0.25, 0.3) is 0 Å². The minimum absolute atomic E-state index is 0.110. The van der Waals surface area contributed by atoms with E-state index in [-0.39, 0.29) is 5.60 Å². The monoisotopic (exact) mass is 256 g/mol. The van der Waals surface area contributed by atoms with E-state index in [2.05, 4.69) is 27.7 Å². The smallest absolute Gasteiger partial charge is 0.0651 e. The Morgan fingerprint density at radius 2 is 2.06 bits per heavy atom. The fourth-order valence-electron chi connectivity index (χ4n) is 3.19. The van der Waals surface area contributed by atoms with Gasteiger partial charge in [-0.25, -0.2) is 0 Å². The van der Waals surface area contributed by atoms with Crippen molar-refractivity contribution in [1.82, 2.24) is 0 Å². The first-order chi connectivity index (χ1) is 8.26. The van der Waals surface area contributed by atoms with Crippen LogP contribution >= 0.6 is 0 Å². The highest BCUT2D eigenvalue weighted by atomic mass is 16.5. The lowest BCUT2D eigenvalue weighted by molar-refractivity contribution is -0.0553. The van der Waals surface area contributed by atoms with Crippen LogP contribution in [0.3, 0.4) is 0 Å². The lowest BCUT2D eigenvalue weighted by Gasteiger charge is -2.39. The zero-order valence-corrected chi connectivity index (χ0v) is 13.0. The predicted molar refractivity (Wildman–Crippen MR) is 76.7 cm³/mol. The summed E-state index contributed by atoms with van der Waals surface area (Å²) in [5.41, 5.74) is -0.547.